The number of aliphatic carboxylic acids is 1. The Bertz CT molecular complexity index is 186. The van der Waals surface area contributed by atoms with Crippen LogP contribution in [0.1, 0.15) is 19.3 Å². The number of aliphatic hydroxyl groups is 2. The molecule has 0 bridgehead atoms. The molecule has 0 aromatic heterocycles. The molecule has 0 heterocycles. The average molecular weight is 173 g/mol. The number of carbonyl (C=O) groups is 1. The van der Waals surface area contributed by atoms with Crippen LogP contribution in [0.25, 0.3) is 0 Å². The number of hydrogen-bond donors (Lipinski definition) is 3. The highest BCUT2D eigenvalue weighted by molar-refractivity contribution is 5.67. The van der Waals surface area contributed by atoms with Crippen molar-refractivity contribution in [3.8, 4) is 6.07 Å². The third-order valence-corrected chi connectivity index (χ3v) is 1.28. The standard InChI is InChI=1S/C7H11NO4/c8-2-1-5(9)3-6(10)4-7(11)12/h5-6,9-10H,1,3-4H2,(H,11,12)/t5-,6+/m1/s1. The van der Waals surface area contributed by atoms with Crippen molar-refractivity contribution in [1.29, 1.82) is 5.26 Å². The topological polar surface area (TPSA) is 102 Å². The van der Waals surface area contributed by atoms with Crippen LogP contribution in [0.5, 0.6) is 0 Å². The van der Waals surface area contributed by atoms with Crippen LogP contribution in [0, 0.1) is 11.3 Å². The fourth-order valence-corrected chi connectivity index (χ4v) is 0.788. The van der Waals surface area contributed by atoms with Crippen molar-refractivity contribution in [1.82, 2.24) is 0 Å². The number of nitrogens with zero attached hydrogens (tertiary/aromatic N) is 1. The van der Waals surface area contributed by atoms with Crippen molar-refractivity contribution in [3.63, 3.8) is 0 Å². The molecule has 3 N–H and O–H groups in total. The Hall–Kier alpha value is -1.12. The molecule has 0 spiro atoms. The highest BCUT2D eigenvalue weighted by Crippen LogP contribution is 2.04. The van der Waals surface area contributed by atoms with Gasteiger partial charge in [-0.2, -0.15) is 5.26 Å². The van der Waals surface area contributed by atoms with Gasteiger partial charge in [-0.05, 0) is 0 Å². The predicted octanol–water partition coefficient (Wildman–Crippen LogP) is -0.513. The first-order valence-corrected chi connectivity index (χ1v) is 3.51. The van der Waals surface area contributed by atoms with Crippen molar-refractivity contribution in [2.45, 2.75) is 31.5 Å². The maximum atomic E-state index is 10.0. The Balaban J connectivity index is 3.62. The van der Waals surface area contributed by atoms with Crippen LogP contribution < -0.4 is 0 Å². The Kier molecular flexibility index (Phi) is 5.00. The molecule has 0 aliphatic heterocycles. The van der Waals surface area contributed by atoms with Gasteiger partial charge < -0.3 is 15.3 Å². The lowest BCUT2D eigenvalue weighted by atomic mass is 10.1. The molecule has 68 valence electrons. The molecule has 5 heteroatoms. The Morgan fingerprint density at radius 2 is 2.00 bits per heavy atom. The molecule has 0 saturated carbocycles. The summed E-state index contributed by atoms with van der Waals surface area (Å²) >= 11 is 0. The van der Waals surface area contributed by atoms with Crippen LogP contribution in [0.2, 0.25) is 0 Å². The fourth-order valence-electron chi connectivity index (χ4n) is 0.788. The molecule has 0 saturated heterocycles. The predicted molar refractivity (Wildman–Crippen MR) is 39.1 cm³/mol. The minimum atomic E-state index is -1.12. The molecule has 0 unspecified atom stereocenters. The van der Waals surface area contributed by atoms with Gasteiger partial charge in [0.05, 0.1) is 31.1 Å². The largest absolute Gasteiger partial charge is 0.481 e. The fraction of sp³-hybridized carbons (Fsp3) is 0.714. The van der Waals surface area contributed by atoms with Gasteiger partial charge >= 0.3 is 5.97 Å². The third kappa shape index (κ3) is 5.65. The van der Waals surface area contributed by atoms with Gasteiger partial charge in [0.15, 0.2) is 0 Å². The summed E-state index contributed by atoms with van der Waals surface area (Å²) in [5.74, 6) is -1.12. The van der Waals surface area contributed by atoms with Crippen molar-refractivity contribution < 1.29 is 20.1 Å². The quantitative estimate of drug-likeness (QED) is 0.519. The summed E-state index contributed by atoms with van der Waals surface area (Å²) in [6.45, 7) is 0. The number of hydrogen-bond acceptors (Lipinski definition) is 4. The van der Waals surface area contributed by atoms with Crippen LogP contribution in [-0.4, -0.2) is 33.5 Å². The highest BCUT2D eigenvalue weighted by atomic mass is 16.4. The van der Waals surface area contributed by atoms with Crippen molar-refractivity contribution in [2.24, 2.45) is 0 Å². The summed E-state index contributed by atoms with van der Waals surface area (Å²) in [6.07, 6.45) is -2.57. The first-order chi connectivity index (χ1) is 5.56. The van der Waals surface area contributed by atoms with Crippen LogP contribution in [0.4, 0.5) is 0 Å². The molecular formula is C7H11NO4. The first-order valence-electron chi connectivity index (χ1n) is 3.51. The molecule has 0 aromatic rings. The average Bonchev–Trinajstić information content (AvgIpc) is 1.84. The van der Waals surface area contributed by atoms with Gasteiger partial charge in [0, 0.05) is 6.42 Å². The van der Waals surface area contributed by atoms with Crippen molar-refractivity contribution >= 4 is 5.97 Å². The smallest absolute Gasteiger partial charge is 0.305 e. The van der Waals surface area contributed by atoms with E-state index in [1.165, 1.54) is 0 Å². The molecule has 0 amide bonds. The number of nitriles is 1. The Morgan fingerprint density at radius 1 is 1.42 bits per heavy atom. The summed E-state index contributed by atoms with van der Waals surface area (Å²) < 4.78 is 0. The van der Waals surface area contributed by atoms with Crippen LogP contribution in [0.15, 0.2) is 0 Å². The van der Waals surface area contributed by atoms with Crippen molar-refractivity contribution in [3.05, 3.63) is 0 Å². The Morgan fingerprint density at radius 3 is 2.42 bits per heavy atom. The minimum Gasteiger partial charge on any atom is -0.481 e. The first kappa shape index (κ1) is 10.9. The van der Waals surface area contributed by atoms with Gasteiger partial charge in [0.25, 0.3) is 0 Å². The second-order valence-corrected chi connectivity index (χ2v) is 2.50. The lowest BCUT2D eigenvalue weighted by Crippen LogP contribution is -2.20. The van der Waals surface area contributed by atoms with E-state index >= 15 is 0 Å². The highest BCUT2D eigenvalue weighted by Gasteiger charge is 2.14. The molecule has 0 aromatic carbocycles. The number of aliphatic hydroxyl groups excluding tert-OH is 2. The Labute approximate surface area is 69.9 Å². The molecule has 12 heavy (non-hydrogen) atoms. The van der Waals surface area contributed by atoms with E-state index in [1.807, 2.05) is 0 Å². The molecule has 0 aliphatic rings. The zero-order valence-electron chi connectivity index (χ0n) is 6.47. The van der Waals surface area contributed by atoms with E-state index in [4.69, 9.17) is 20.6 Å². The van der Waals surface area contributed by atoms with Gasteiger partial charge in [-0.15, -0.1) is 0 Å². The molecule has 0 fully saturated rings. The lowest BCUT2D eigenvalue weighted by molar-refractivity contribution is -0.139. The molecule has 0 aliphatic carbocycles. The van der Waals surface area contributed by atoms with E-state index in [0.717, 1.165) is 0 Å². The lowest BCUT2D eigenvalue weighted by Gasteiger charge is -2.10. The number of carboxylic acids is 1. The summed E-state index contributed by atoms with van der Waals surface area (Å²) in [4.78, 5) is 10.0. The van der Waals surface area contributed by atoms with Crippen LogP contribution in [0.3, 0.4) is 0 Å². The maximum absolute atomic E-state index is 10.0. The molecular weight excluding hydrogens is 162 g/mol. The number of rotatable bonds is 5. The van der Waals surface area contributed by atoms with Gasteiger partial charge in [-0.25, -0.2) is 0 Å². The number of carboxylic acid groups (broad SMARTS) is 1. The normalized spacial score (nSPS) is 14.8. The second-order valence-electron chi connectivity index (χ2n) is 2.50. The molecule has 5 nitrogen and oxygen atoms in total. The summed E-state index contributed by atoms with van der Waals surface area (Å²) in [5.41, 5.74) is 0. The van der Waals surface area contributed by atoms with E-state index in [0.29, 0.717) is 0 Å². The van der Waals surface area contributed by atoms with E-state index in [1.54, 1.807) is 6.07 Å². The zero-order chi connectivity index (χ0) is 9.56. The van der Waals surface area contributed by atoms with Gasteiger partial charge in [0.1, 0.15) is 0 Å². The zero-order valence-corrected chi connectivity index (χ0v) is 6.47. The van der Waals surface area contributed by atoms with Gasteiger partial charge in [0.2, 0.25) is 0 Å². The minimum absolute atomic E-state index is 0.0696. The van der Waals surface area contributed by atoms with Crippen LogP contribution in [-0.2, 0) is 4.79 Å². The SMILES string of the molecule is N#CC[C@@H](O)C[C@H](O)CC(=O)O. The van der Waals surface area contributed by atoms with Gasteiger partial charge in [-0.3, -0.25) is 4.79 Å². The van der Waals surface area contributed by atoms with Gasteiger partial charge in [-0.1, -0.05) is 0 Å². The van der Waals surface area contributed by atoms with E-state index in [9.17, 15) is 4.79 Å². The maximum Gasteiger partial charge on any atom is 0.305 e. The molecule has 0 radical (unpaired) electrons. The molecule has 0 rings (SSSR count). The van der Waals surface area contributed by atoms with Crippen molar-refractivity contribution in [2.75, 3.05) is 0 Å². The van der Waals surface area contributed by atoms with E-state index in [2.05, 4.69) is 0 Å². The third-order valence-electron chi connectivity index (χ3n) is 1.28. The van der Waals surface area contributed by atoms with E-state index < -0.39 is 24.6 Å². The monoisotopic (exact) mass is 173 g/mol. The van der Waals surface area contributed by atoms with E-state index in [-0.39, 0.29) is 12.8 Å². The second kappa shape index (κ2) is 5.52. The summed E-state index contributed by atoms with van der Waals surface area (Å²) in [5, 5.41) is 34.3. The molecule has 2 atom stereocenters. The summed E-state index contributed by atoms with van der Waals surface area (Å²) in [6, 6.07) is 1.72. The summed E-state index contributed by atoms with van der Waals surface area (Å²) in [7, 11) is 0. The van der Waals surface area contributed by atoms with Crippen LogP contribution >= 0.6 is 0 Å².